The van der Waals surface area contributed by atoms with E-state index in [0.29, 0.717) is 16.2 Å². The Labute approximate surface area is 127 Å². The van der Waals surface area contributed by atoms with Crippen molar-refractivity contribution in [3.05, 3.63) is 35.9 Å². The highest BCUT2D eigenvalue weighted by Gasteiger charge is 2.62. The second-order valence-electron chi connectivity index (χ2n) is 8.77. The van der Waals surface area contributed by atoms with E-state index in [4.69, 9.17) is 11.6 Å². The van der Waals surface area contributed by atoms with E-state index in [1.165, 1.54) is 44.1 Å². The minimum Gasteiger partial charge on any atom is -0.117 e. The van der Waals surface area contributed by atoms with Crippen LogP contribution in [-0.2, 0) is 0 Å². The van der Waals surface area contributed by atoms with Gasteiger partial charge in [0.1, 0.15) is 0 Å². The lowest BCUT2D eigenvalue weighted by Gasteiger charge is -2.66. The fourth-order valence-electron chi connectivity index (χ4n) is 6.79. The number of alkyl halides is 1. The summed E-state index contributed by atoms with van der Waals surface area (Å²) in [5, 5.41) is 0.200. The lowest BCUT2D eigenvalue weighted by molar-refractivity contribution is -0.146. The minimum atomic E-state index is 0.200. The largest absolute Gasteiger partial charge is 0.117 e. The van der Waals surface area contributed by atoms with E-state index in [0.717, 1.165) is 5.92 Å². The Morgan fingerprint density at radius 3 is 2.10 bits per heavy atom. The minimum absolute atomic E-state index is 0.200. The summed E-state index contributed by atoms with van der Waals surface area (Å²) in [5.74, 6) is 0.922. The summed E-state index contributed by atoms with van der Waals surface area (Å²) in [6, 6.07) is 10.8. The van der Waals surface area contributed by atoms with Crippen molar-refractivity contribution in [3.8, 4) is 0 Å². The zero-order valence-electron chi connectivity index (χ0n) is 12.7. The lowest BCUT2D eigenvalue weighted by Crippen LogP contribution is -2.56. The fourth-order valence-corrected chi connectivity index (χ4v) is 7.18. The van der Waals surface area contributed by atoms with Crippen LogP contribution in [0.4, 0.5) is 0 Å². The zero-order chi connectivity index (χ0) is 14.0. The molecule has 4 aliphatic rings. The number of rotatable bonds is 2. The molecule has 0 nitrogen and oxygen atoms in total. The van der Waals surface area contributed by atoms with Gasteiger partial charge < -0.3 is 0 Å². The predicted octanol–water partition coefficient (Wildman–Crippen LogP) is 5.96. The molecule has 1 aromatic carbocycles. The summed E-state index contributed by atoms with van der Waals surface area (Å²) < 4.78 is 0. The summed E-state index contributed by atoms with van der Waals surface area (Å²) in [7, 11) is 0. The Morgan fingerprint density at radius 1 is 0.950 bits per heavy atom. The van der Waals surface area contributed by atoms with Gasteiger partial charge in [-0.3, -0.25) is 0 Å². The molecule has 3 unspecified atom stereocenters. The first-order chi connectivity index (χ1) is 9.42. The second kappa shape index (κ2) is 4.03. The Kier molecular flexibility index (Phi) is 2.66. The molecule has 0 amide bonds. The molecule has 4 bridgehead atoms. The highest BCUT2D eigenvalue weighted by atomic mass is 35.5. The van der Waals surface area contributed by atoms with Crippen LogP contribution in [0.2, 0.25) is 0 Å². The van der Waals surface area contributed by atoms with Gasteiger partial charge in [-0.25, -0.2) is 0 Å². The second-order valence-corrected chi connectivity index (χ2v) is 9.20. The van der Waals surface area contributed by atoms with Crippen molar-refractivity contribution < 1.29 is 0 Å². The third-order valence-corrected chi connectivity index (χ3v) is 7.01. The van der Waals surface area contributed by atoms with Crippen LogP contribution in [0.1, 0.15) is 63.3 Å². The molecule has 20 heavy (non-hydrogen) atoms. The van der Waals surface area contributed by atoms with E-state index in [2.05, 4.69) is 44.2 Å². The summed E-state index contributed by atoms with van der Waals surface area (Å²) >= 11 is 7.05. The van der Waals surface area contributed by atoms with Gasteiger partial charge in [0.25, 0.3) is 0 Å². The van der Waals surface area contributed by atoms with Gasteiger partial charge in [-0.15, -0.1) is 11.6 Å². The van der Waals surface area contributed by atoms with Gasteiger partial charge in [0.05, 0.1) is 5.38 Å². The lowest BCUT2D eigenvalue weighted by atomic mass is 9.39. The maximum absolute atomic E-state index is 7.05. The molecule has 4 fully saturated rings. The standard InChI is InChI=1S/C19H25Cl/c1-17-8-14-9-18(2,11-17)13-19(10-14,12-17)16(20)15-6-4-3-5-7-15/h3-7,14,16H,8-13H2,1-2H3. The van der Waals surface area contributed by atoms with E-state index in [1.807, 2.05) is 0 Å². The molecule has 108 valence electrons. The fraction of sp³-hybridized carbons (Fsp3) is 0.684. The molecular weight excluding hydrogens is 264 g/mol. The summed E-state index contributed by atoms with van der Waals surface area (Å²) in [6.45, 7) is 5.05. The average Bonchev–Trinajstić information content (AvgIpc) is 2.34. The van der Waals surface area contributed by atoms with Gasteiger partial charge in [-0.05, 0) is 66.3 Å². The molecule has 4 saturated carbocycles. The maximum atomic E-state index is 7.05. The molecule has 1 aromatic rings. The van der Waals surface area contributed by atoms with Crippen molar-refractivity contribution in [1.82, 2.24) is 0 Å². The number of benzene rings is 1. The third-order valence-electron chi connectivity index (χ3n) is 6.30. The highest BCUT2D eigenvalue weighted by molar-refractivity contribution is 6.21. The maximum Gasteiger partial charge on any atom is 0.0642 e. The summed E-state index contributed by atoms with van der Waals surface area (Å²) in [4.78, 5) is 0. The molecular formula is C19H25Cl. The number of halogens is 1. The molecule has 0 radical (unpaired) electrons. The summed E-state index contributed by atoms with van der Waals surface area (Å²) in [5.41, 5.74) is 2.79. The van der Waals surface area contributed by atoms with Crippen LogP contribution in [0, 0.1) is 22.2 Å². The van der Waals surface area contributed by atoms with Gasteiger partial charge in [0.15, 0.2) is 0 Å². The average molecular weight is 289 g/mol. The molecule has 0 heterocycles. The van der Waals surface area contributed by atoms with E-state index in [9.17, 15) is 0 Å². The number of hydrogen-bond donors (Lipinski definition) is 0. The normalized spacial score (nSPS) is 47.5. The van der Waals surface area contributed by atoms with E-state index >= 15 is 0 Å². The first-order valence-electron chi connectivity index (χ1n) is 8.11. The van der Waals surface area contributed by atoms with Crippen molar-refractivity contribution in [3.63, 3.8) is 0 Å². The van der Waals surface area contributed by atoms with Crippen molar-refractivity contribution in [2.75, 3.05) is 0 Å². The quantitative estimate of drug-likeness (QED) is 0.589. The van der Waals surface area contributed by atoms with Crippen LogP contribution in [0.15, 0.2) is 30.3 Å². The van der Waals surface area contributed by atoms with Crippen molar-refractivity contribution in [2.24, 2.45) is 22.2 Å². The topological polar surface area (TPSA) is 0 Å². The van der Waals surface area contributed by atoms with Crippen LogP contribution in [0.3, 0.4) is 0 Å². The van der Waals surface area contributed by atoms with Crippen LogP contribution >= 0.6 is 11.6 Å². The smallest absolute Gasteiger partial charge is 0.0642 e. The molecule has 0 aliphatic heterocycles. The first kappa shape index (κ1) is 13.2. The SMILES string of the molecule is CC12CC3CC(C)(C1)CC(C(Cl)c1ccccc1)(C3)C2. The third kappa shape index (κ3) is 1.87. The number of hydrogen-bond acceptors (Lipinski definition) is 0. The Bertz CT molecular complexity index is 502. The van der Waals surface area contributed by atoms with Crippen molar-refractivity contribution in [2.45, 2.75) is 57.7 Å². The molecule has 0 saturated heterocycles. The van der Waals surface area contributed by atoms with Crippen molar-refractivity contribution in [1.29, 1.82) is 0 Å². The van der Waals surface area contributed by atoms with Crippen LogP contribution < -0.4 is 0 Å². The first-order valence-corrected chi connectivity index (χ1v) is 8.55. The molecule has 1 heteroatoms. The van der Waals surface area contributed by atoms with E-state index in [-0.39, 0.29) is 5.38 Å². The molecule has 0 N–H and O–H groups in total. The molecule has 3 atom stereocenters. The van der Waals surface area contributed by atoms with Gasteiger partial charge >= 0.3 is 0 Å². The molecule has 0 aromatic heterocycles. The van der Waals surface area contributed by atoms with E-state index < -0.39 is 0 Å². The predicted molar refractivity (Wildman–Crippen MR) is 84.9 cm³/mol. The Hall–Kier alpha value is -0.490. The van der Waals surface area contributed by atoms with Crippen LogP contribution in [0.25, 0.3) is 0 Å². The van der Waals surface area contributed by atoms with Crippen LogP contribution in [0.5, 0.6) is 0 Å². The summed E-state index contributed by atoms with van der Waals surface area (Å²) in [6.07, 6.45) is 8.37. The monoisotopic (exact) mass is 288 g/mol. The van der Waals surface area contributed by atoms with E-state index in [1.54, 1.807) is 0 Å². The Balaban J connectivity index is 1.74. The van der Waals surface area contributed by atoms with Crippen molar-refractivity contribution >= 4 is 11.6 Å². The molecule has 0 spiro atoms. The molecule has 4 aliphatic carbocycles. The molecule has 5 rings (SSSR count). The Morgan fingerprint density at radius 2 is 1.55 bits per heavy atom. The van der Waals surface area contributed by atoms with Gasteiger partial charge in [0.2, 0.25) is 0 Å². The zero-order valence-corrected chi connectivity index (χ0v) is 13.4. The van der Waals surface area contributed by atoms with Gasteiger partial charge in [-0.2, -0.15) is 0 Å². The van der Waals surface area contributed by atoms with Gasteiger partial charge in [0, 0.05) is 0 Å². The highest BCUT2D eigenvalue weighted by Crippen LogP contribution is 2.73. The van der Waals surface area contributed by atoms with Crippen LogP contribution in [-0.4, -0.2) is 0 Å². The van der Waals surface area contributed by atoms with Gasteiger partial charge in [-0.1, -0.05) is 44.2 Å².